The maximum atomic E-state index is 11.7. The lowest BCUT2D eigenvalue weighted by Crippen LogP contribution is -2.32. The molecule has 1 aromatic heterocycles. The van der Waals surface area contributed by atoms with Crippen LogP contribution in [0.3, 0.4) is 0 Å². The second-order valence-electron chi connectivity index (χ2n) is 3.21. The molecule has 0 spiro atoms. The van der Waals surface area contributed by atoms with Crippen LogP contribution in [0.1, 0.15) is 23.7 Å². The largest absolute Gasteiger partial charge is 0.349 e. The molecule has 1 amide bonds. The minimum absolute atomic E-state index is 0.0410. The van der Waals surface area contributed by atoms with Crippen LogP contribution in [0.4, 0.5) is 0 Å². The number of alkyl halides is 1. The Hall–Kier alpha value is -0.800. The van der Waals surface area contributed by atoms with Crippen LogP contribution in [0.15, 0.2) is 18.5 Å². The lowest BCUT2D eigenvalue weighted by atomic mass is 10.2. The Kier molecular flexibility index (Phi) is 4.85. The van der Waals surface area contributed by atoms with Crippen molar-refractivity contribution in [2.45, 2.75) is 19.4 Å². The Labute approximate surface area is 98.8 Å². The zero-order chi connectivity index (χ0) is 11.3. The van der Waals surface area contributed by atoms with Crippen LogP contribution in [0.5, 0.6) is 0 Å². The standard InChI is InChI=1S/C10H12Cl2N2O/c1-7(2-4-11)14-10(15)8-3-5-13-6-9(8)12/h3,5-7H,2,4H2,1H3,(H,14,15). The van der Waals surface area contributed by atoms with Gasteiger partial charge in [0, 0.05) is 24.3 Å². The molecule has 1 N–H and O–H groups in total. The van der Waals surface area contributed by atoms with E-state index in [1.807, 2.05) is 6.92 Å². The van der Waals surface area contributed by atoms with E-state index in [0.717, 1.165) is 6.42 Å². The Morgan fingerprint density at radius 1 is 1.67 bits per heavy atom. The monoisotopic (exact) mass is 246 g/mol. The third-order valence-corrected chi connectivity index (χ3v) is 2.46. The molecule has 82 valence electrons. The topological polar surface area (TPSA) is 42.0 Å². The van der Waals surface area contributed by atoms with Crippen LogP contribution in [-0.2, 0) is 0 Å². The summed E-state index contributed by atoms with van der Waals surface area (Å²) in [7, 11) is 0. The predicted molar refractivity (Wildman–Crippen MR) is 61.5 cm³/mol. The van der Waals surface area contributed by atoms with E-state index in [1.165, 1.54) is 12.4 Å². The second-order valence-corrected chi connectivity index (χ2v) is 3.99. The third kappa shape index (κ3) is 3.68. The van der Waals surface area contributed by atoms with Gasteiger partial charge in [0.1, 0.15) is 0 Å². The van der Waals surface area contributed by atoms with Crippen molar-refractivity contribution in [1.29, 1.82) is 0 Å². The summed E-state index contributed by atoms with van der Waals surface area (Å²) in [4.78, 5) is 15.5. The molecule has 0 aliphatic heterocycles. The fourth-order valence-electron chi connectivity index (χ4n) is 1.10. The zero-order valence-corrected chi connectivity index (χ0v) is 9.85. The molecule has 1 rings (SSSR count). The van der Waals surface area contributed by atoms with Crippen molar-refractivity contribution >= 4 is 29.1 Å². The molecule has 15 heavy (non-hydrogen) atoms. The van der Waals surface area contributed by atoms with Crippen molar-refractivity contribution in [2.24, 2.45) is 0 Å². The van der Waals surface area contributed by atoms with E-state index in [9.17, 15) is 4.79 Å². The molecule has 1 atom stereocenters. The van der Waals surface area contributed by atoms with Crippen molar-refractivity contribution in [3.63, 3.8) is 0 Å². The molecule has 0 saturated heterocycles. The molecule has 0 bridgehead atoms. The summed E-state index contributed by atoms with van der Waals surface area (Å²) < 4.78 is 0. The third-order valence-electron chi connectivity index (χ3n) is 1.94. The van der Waals surface area contributed by atoms with Gasteiger partial charge in [-0.25, -0.2) is 0 Å². The molecule has 1 heterocycles. The average molecular weight is 247 g/mol. The highest BCUT2D eigenvalue weighted by Gasteiger charge is 2.12. The zero-order valence-electron chi connectivity index (χ0n) is 8.34. The minimum Gasteiger partial charge on any atom is -0.349 e. The number of hydrogen-bond acceptors (Lipinski definition) is 2. The summed E-state index contributed by atoms with van der Waals surface area (Å²) in [5.41, 5.74) is 0.438. The number of nitrogens with one attached hydrogen (secondary N) is 1. The van der Waals surface area contributed by atoms with E-state index in [0.29, 0.717) is 16.5 Å². The van der Waals surface area contributed by atoms with Crippen LogP contribution in [0.2, 0.25) is 5.02 Å². The smallest absolute Gasteiger partial charge is 0.253 e. The van der Waals surface area contributed by atoms with Gasteiger partial charge in [-0.15, -0.1) is 11.6 Å². The van der Waals surface area contributed by atoms with Gasteiger partial charge in [-0.05, 0) is 19.4 Å². The van der Waals surface area contributed by atoms with Crippen LogP contribution in [-0.4, -0.2) is 22.8 Å². The van der Waals surface area contributed by atoms with E-state index in [-0.39, 0.29) is 11.9 Å². The fourth-order valence-corrected chi connectivity index (χ4v) is 1.63. The van der Waals surface area contributed by atoms with Crippen molar-refractivity contribution in [2.75, 3.05) is 5.88 Å². The van der Waals surface area contributed by atoms with Gasteiger partial charge in [0.2, 0.25) is 0 Å². The molecule has 0 fully saturated rings. The van der Waals surface area contributed by atoms with Gasteiger partial charge >= 0.3 is 0 Å². The van der Waals surface area contributed by atoms with Gasteiger partial charge in [0.25, 0.3) is 5.91 Å². The van der Waals surface area contributed by atoms with Gasteiger partial charge in [-0.3, -0.25) is 9.78 Å². The fraction of sp³-hybridized carbons (Fsp3) is 0.400. The highest BCUT2D eigenvalue weighted by atomic mass is 35.5. The minimum atomic E-state index is -0.194. The van der Waals surface area contributed by atoms with Crippen LogP contribution in [0.25, 0.3) is 0 Å². The molecule has 1 unspecified atom stereocenters. The number of halogens is 2. The van der Waals surface area contributed by atoms with Gasteiger partial charge in [0.05, 0.1) is 10.6 Å². The highest BCUT2D eigenvalue weighted by molar-refractivity contribution is 6.33. The summed E-state index contributed by atoms with van der Waals surface area (Å²) in [6.07, 6.45) is 3.71. The van der Waals surface area contributed by atoms with E-state index in [2.05, 4.69) is 10.3 Å². The first kappa shape index (κ1) is 12.3. The Morgan fingerprint density at radius 2 is 2.40 bits per heavy atom. The van der Waals surface area contributed by atoms with Crippen molar-refractivity contribution < 1.29 is 4.79 Å². The SMILES string of the molecule is CC(CCCl)NC(=O)c1ccncc1Cl. The Bertz CT molecular complexity index is 344. The van der Waals surface area contributed by atoms with E-state index in [4.69, 9.17) is 23.2 Å². The van der Waals surface area contributed by atoms with Crippen molar-refractivity contribution in [1.82, 2.24) is 10.3 Å². The predicted octanol–water partition coefficient (Wildman–Crippen LogP) is 2.48. The van der Waals surface area contributed by atoms with Gasteiger partial charge in [0.15, 0.2) is 0 Å². The molecule has 3 nitrogen and oxygen atoms in total. The number of hydrogen-bond donors (Lipinski definition) is 1. The molecule has 0 aromatic carbocycles. The molecule has 1 aromatic rings. The number of carbonyl (C=O) groups excluding carboxylic acids is 1. The number of rotatable bonds is 4. The summed E-state index contributed by atoms with van der Waals surface area (Å²) >= 11 is 11.4. The molecule has 0 saturated carbocycles. The number of carbonyl (C=O) groups is 1. The Balaban J connectivity index is 2.65. The van der Waals surface area contributed by atoms with Gasteiger partial charge < -0.3 is 5.32 Å². The number of pyridine rings is 1. The lowest BCUT2D eigenvalue weighted by Gasteiger charge is -2.12. The van der Waals surface area contributed by atoms with Crippen molar-refractivity contribution in [3.8, 4) is 0 Å². The van der Waals surface area contributed by atoms with Crippen molar-refractivity contribution in [3.05, 3.63) is 29.0 Å². The number of nitrogens with zero attached hydrogens (tertiary/aromatic N) is 1. The normalized spacial score (nSPS) is 12.2. The Morgan fingerprint density at radius 3 is 3.00 bits per heavy atom. The van der Waals surface area contributed by atoms with Crippen LogP contribution >= 0.6 is 23.2 Å². The molecular weight excluding hydrogens is 235 g/mol. The van der Waals surface area contributed by atoms with E-state index >= 15 is 0 Å². The quantitative estimate of drug-likeness (QED) is 0.830. The number of amides is 1. The van der Waals surface area contributed by atoms with Gasteiger partial charge in [-0.1, -0.05) is 11.6 Å². The molecule has 0 aliphatic carbocycles. The van der Waals surface area contributed by atoms with Gasteiger partial charge in [-0.2, -0.15) is 0 Å². The van der Waals surface area contributed by atoms with Crippen LogP contribution < -0.4 is 5.32 Å². The highest BCUT2D eigenvalue weighted by Crippen LogP contribution is 2.13. The molecular formula is C10H12Cl2N2O. The number of aromatic nitrogens is 1. The molecule has 0 radical (unpaired) electrons. The summed E-state index contributed by atoms with van der Waals surface area (Å²) in [6, 6.07) is 1.63. The van der Waals surface area contributed by atoms with E-state index in [1.54, 1.807) is 6.07 Å². The maximum absolute atomic E-state index is 11.7. The van der Waals surface area contributed by atoms with E-state index < -0.39 is 0 Å². The maximum Gasteiger partial charge on any atom is 0.253 e. The first-order chi connectivity index (χ1) is 7.15. The molecule has 5 heteroatoms. The first-order valence-electron chi connectivity index (χ1n) is 4.61. The van der Waals surface area contributed by atoms with Crippen LogP contribution in [0, 0.1) is 0 Å². The summed E-state index contributed by atoms with van der Waals surface area (Å²) in [5.74, 6) is 0.325. The summed E-state index contributed by atoms with van der Waals surface area (Å²) in [6.45, 7) is 1.90. The molecule has 0 aliphatic rings. The average Bonchev–Trinajstić information content (AvgIpc) is 2.18. The summed E-state index contributed by atoms with van der Waals surface area (Å²) in [5, 5.41) is 3.16. The second kappa shape index (κ2) is 5.93. The first-order valence-corrected chi connectivity index (χ1v) is 5.52. The lowest BCUT2D eigenvalue weighted by molar-refractivity contribution is 0.0939.